The molecule has 1 aliphatic heterocycles. The summed E-state index contributed by atoms with van der Waals surface area (Å²) in [6, 6.07) is 0. The van der Waals surface area contributed by atoms with Crippen molar-refractivity contribution in [3.05, 3.63) is 29.8 Å². The second-order valence-corrected chi connectivity index (χ2v) is 5.65. The summed E-state index contributed by atoms with van der Waals surface area (Å²) >= 11 is 0. The van der Waals surface area contributed by atoms with Crippen LogP contribution in [0.25, 0.3) is 0 Å². The predicted octanol–water partition coefficient (Wildman–Crippen LogP) is 0.352. The number of H-pyrrole nitrogens is 1. The predicted molar refractivity (Wildman–Crippen MR) is 78.7 cm³/mol. The number of carbonyl (C=O) groups is 2. The van der Waals surface area contributed by atoms with E-state index < -0.39 is 5.97 Å². The van der Waals surface area contributed by atoms with Crippen LogP contribution in [0.3, 0.4) is 0 Å². The molecule has 3 rings (SSSR count). The van der Waals surface area contributed by atoms with Crippen LogP contribution in [0.5, 0.6) is 0 Å². The van der Waals surface area contributed by atoms with Crippen LogP contribution in [0.4, 0.5) is 0 Å². The zero-order valence-electron chi connectivity index (χ0n) is 12.7. The second kappa shape index (κ2) is 6.19. The fraction of sp³-hybridized carbons (Fsp3) is 0.500. The van der Waals surface area contributed by atoms with Gasteiger partial charge in [-0.2, -0.15) is 20.5 Å². The Morgan fingerprint density at radius 1 is 1.39 bits per heavy atom. The van der Waals surface area contributed by atoms with Crippen LogP contribution in [0.1, 0.15) is 35.3 Å². The summed E-state index contributed by atoms with van der Waals surface area (Å²) in [5.74, 6) is -1.32. The molecule has 9 heteroatoms. The molecule has 0 unspecified atom stereocenters. The second-order valence-electron chi connectivity index (χ2n) is 5.65. The Balaban J connectivity index is 1.78. The van der Waals surface area contributed by atoms with E-state index >= 15 is 0 Å². The Bertz CT molecular complexity index is 695. The maximum absolute atomic E-state index is 12.6. The first-order chi connectivity index (χ1) is 11.1. The summed E-state index contributed by atoms with van der Waals surface area (Å²) in [6.07, 6.45) is 4.83. The number of likely N-dealkylation sites (tertiary alicyclic amines) is 1. The van der Waals surface area contributed by atoms with Gasteiger partial charge >= 0.3 is 5.97 Å². The molecule has 3 heterocycles. The van der Waals surface area contributed by atoms with E-state index in [1.807, 2.05) is 6.92 Å². The maximum atomic E-state index is 12.6. The van der Waals surface area contributed by atoms with Crippen LogP contribution in [-0.4, -0.2) is 60.2 Å². The van der Waals surface area contributed by atoms with Gasteiger partial charge in [0.1, 0.15) is 0 Å². The third-order valence-corrected chi connectivity index (χ3v) is 4.18. The number of aryl methyl sites for hydroxylation is 1. The topological polar surface area (TPSA) is 117 Å². The van der Waals surface area contributed by atoms with Crippen molar-refractivity contribution in [2.75, 3.05) is 13.1 Å². The summed E-state index contributed by atoms with van der Waals surface area (Å²) in [7, 11) is 0. The number of aliphatic carboxylic acids is 1. The highest BCUT2D eigenvalue weighted by molar-refractivity contribution is 5.94. The first-order valence-corrected chi connectivity index (χ1v) is 7.47. The minimum atomic E-state index is -0.878. The number of nitrogens with one attached hydrogen (secondary N) is 1. The fourth-order valence-electron chi connectivity index (χ4n) is 3.02. The van der Waals surface area contributed by atoms with Gasteiger partial charge in [0.25, 0.3) is 5.91 Å². The quantitative estimate of drug-likeness (QED) is 0.821. The summed E-state index contributed by atoms with van der Waals surface area (Å²) < 4.78 is 1.69. The highest BCUT2D eigenvalue weighted by Crippen LogP contribution is 2.34. The molecule has 0 saturated carbocycles. The van der Waals surface area contributed by atoms with Crippen molar-refractivity contribution in [1.82, 2.24) is 30.1 Å². The molecule has 23 heavy (non-hydrogen) atoms. The molecule has 0 aliphatic carbocycles. The first-order valence-electron chi connectivity index (χ1n) is 7.47. The maximum Gasteiger partial charge on any atom is 0.303 e. The zero-order chi connectivity index (χ0) is 16.4. The van der Waals surface area contributed by atoms with E-state index in [1.165, 1.54) is 0 Å². The number of amides is 1. The molecule has 122 valence electrons. The molecule has 0 spiro atoms. The highest BCUT2D eigenvalue weighted by Gasteiger charge is 2.39. The lowest BCUT2D eigenvalue weighted by molar-refractivity contribution is -0.138. The average Bonchev–Trinajstić information content (AvgIpc) is 3.25. The van der Waals surface area contributed by atoms with Gasteiger partial charge in [-0.25, -0.2) is 0 Å². The molecule has 0 aromatic carbocycles. The minimum Gasteiger partial charge on any atom is -0.481 e. The van der Waals surface area contributed by atoms with Gasteiger partial charge in [-0.1, -0.05) is 0 Å². The van der Waals surface area contributed by atoms with E-state index in [1.54, 1.807) is 28.2 Å². The number of carboxylic acid groups (broad SMARTS) is 1. The van der Waals surface area contributed by atoms with Gasteiger partial charge in [-0.3, -0.25) is 14.3 Å². The van der Waals surface area contributed by atoms with E-state index in [0.717, 1.165) is 0 Å². The molecular formula is C14H18N6O3. The monoisotopic (exact) mass is 318 g/mol. The first kappa shape index (κ1) is 15.2. The summed E-state index contributed by atoms with van der Waals surface area (Å²) in [4.78, 5) is 25.4. The number of aromatic amines is 1. The van der Waals surface area contributed by atoms with Crippen molar-refractivity contribution in [2.45, 2.75) is 25.8 Å². The van der Waals surface area contributed by atoms with E-state index in [-0.39, 0.29) is 24.2 Å². The molecule has 1 saturated heterocycles. The summed E-state index contributed by atoms with van der Waals surface area (Å²) in [6.45, 7) is 3.46. The van der Waals surface area contributed by atoms with Crippen LogP contribution in [0.15, 0.2) is 18.6 Å². The average molecular weight is 318 g/mol. The van der Waals surface area contributed by atoms with Crippen molar-refractivity contribution in [2.24, 2.45) is 5.92 Å². The third-order valence-electron chi connectivity index (χ3n) is 4.18. The van der Waals surface area contributed by atoms with Gasteiger partial charge in [0, 0.05) is 31.7 Å². The lowest BCUT2D eigenvalue weighted by atomic mass is 9.91. The Hall–Kier alpha value is -2.71. The van der Waals surface area contributed by atoms with Gasteiger partial charge in [0.2, 0.25) is 0 Å². The van der Waals surface area contributed by atoms with Crippen molar-refractivity contribution < 1.29 is 14.7 Å². The van der Waals surface area contributed by atoms with Crippen molar-refractivity contribution >= 4 is 11.9 Å². The molecule has 1 amide bonds. The van der Waals surface area contributed by atoms with Gasteiger partial charge in [-0.05, 0) is 12.8 Å². The van der Waals surface area contributed by atoms with Crippen LogP contribution in [0, 0.1) is 5.92 Å². The lowest BCUT2D eigenvalue weighted by Gasteiger charge is -2.14. The smallest absolute Gasteiger partial charge is 0.303 e. The van der Waals surface area contributed by atoms with Crippen LogP contribution < -0.4 is 0 Å². The minimum absolute atomic E-state index is 0.00444. The van der Waals surface area contributed by atoms with E-state index in [0.29, 0.717) is 30.9 Å². The number of hydrogen-bond donors (Lipinski definition) is 2. The van der Waals surface area contributed by atoms with Gasteiger partial charge in [0.05, 0.1) is 30.1 Å². The molecular weight excluding hydrogens is 300 g/mol. The third kappa shape index (κ3) is 3.08. The highest BCUT2D eigenvalue weighted by atomic mass is 16.4. The molecule has 1 fully saturated rings. The summed E-state index contributed by atoms with van der Waals surface area (Å²) in [5, 5.41) is 23.6. The van der Waals surface area contributed by atoms with E-state index in [4.69, 9.17) is 5.11 Å². The fourth-order valence-corrected chi connectivity index (χ4v) is 3.02. The van der Waals surface area contributed by atoms with Gasteiger partial charge in [-0.15, -0.1) is 0 Å². The SMILES string of the molecule is CCn1cc(C(=O)N2C[C@H](CC(=O)O)[C@H](c3cn[nH]n3)C2)cn1. The molecule has 9 nitrogen and oxygen atoms in total. The van der Waals surface area contributed by atoms with Crippen LogP contribution in [-0.2, 0) is 11.3 Å². The molecule has 2 N–H and O–H groups in total. The number of rotatable bonds is 5. The largest absolute Gasteiger partial charge is 0.481 e. The Morgan fingerprint density at radius 3 is 2.83 bits per heavy atom. The Labute approximate surface area is 132 Å². The normalized spacial score (nSPS) is 20.8. The molecule has 2 atom stereocenters. The van der Waals surface area contributed by atoms with Gasteiger partial charge in [0.15, 0.2) is 0 Å². The zero-order valence-corrected chi connectivity index (χ0v) is 12.7. The number of carbonyl (C=O) groups excluding carboxylic acids is 1. The molecule has 0 bridgehead atoms. The molecule has 2 aromatic rings. The van der Waals surface area contributed by atoms with Gasteiger partial charge < -0.3 is 10.0 Å². The van der Waals surface area contributed by atoms with Crippen LogP contribution in [0.2, 0.25) is 0 Å². The molecule has 2 aromatic heterocycles. The molecule has 1 aliphatic rings. The number of nitrogens with zero attached hydrogens (tertiary/aromatic N) is 5. The lowest BCUT2D eigenvalue weighted by Crippen LogP contribution is -2.29. The number of hydrogen-bond acceptors (Lipinski definition) is 5. The standard InChI is InChI=1S/C14H18N6O3/c1-2-20-7-10(4-16-20)14(23)19-6-9(3-13(21)22)11(8-19)12-5-15-18-17-12/h4-5,7,9,11H,2-3,6,8H2,1H3,(H,21,22)(H,15,17,18)/t9-,11+/m0/s1. The Morgan fingerprint density at radius 2 is 2.22 bits per heavy atom. The molecule has 0 radical (unpaired) electrons. The van der Waals surface area contributed by atoms with E-state index in [2.05, 4.69) is 20.5 Å². The number of carboxylic acids is 1. The van der Waals surface area contributed by atoms with Crippen LogP contribution >= 0.6 is 0 Å². The van der Waals surface area contributed by atoms with Crippen molar-refractivity contribution in [3.8, 4) is 0 Å². The van der Waals surface area contributed by atoms with E-state index in [9.17, 15) is 9.59 Å². The Kier molecular flexibility index (Phi) is 4.09. The van der Waals surface area contributed by atoms with Crippen molar-refractivity contribution in [3.63, 3.8) is 0 Å². The number of aromatic nitrogens is 5. The van der Waals surface area contributed by atoms with Crippen molar-refractivity contribution in [1.29, 1.82) is 0 Å². The summed E-state index contributed by atoms with van der Waals surface area (Å²) in [5.41, 5.74) is 1.21.